The summed E-state index contributed by atoms with van der Waals surface area (Å²) in [6, 6.07) is 26.8. The smallest absolute Gasteiger partial charge is 0.269 e. The van der Waals surface area contributed by atoms with Crippen LogP contribution in [0, 0.1) is 10.1 Å². The summed E-state index contributed by atoms with van der Waals surface area (Å²) in [6.07, 6.45) is 1.85. The van der Waals surface area contributed by atoms with Gasteiger partial charge in [-0.25, -0.2) is 9.67 Å². The molecule has 0 saturated carbocycles. The number of aromatic amines is 1. The van der Waals surface area contributed by atoms with Crippen LogP contribution < -0.4 is 0 Å². The second kappa shape index (κ2) is 9.72. The maximum Gasteiger partial charge on any atom is 0.269 e. The van der Waals surface area contributed by atoms with Gasteiger partial charge in [-0.15, -0.1) is 5.10 Å². The summed E-state index contributed by atoms with van der Waals surface area (Å²) < 4.78 is 1.68. The quantitative estimate of drug-likeness (QED) is 0.181. The molecule has 0 aliphatic heterocycles. The molecule has 8 nitrogen and oxygen atoms in total. The minimum Gasteiger partial charge on any atom is -0.332 e. The largest absolute Gasteiger partial charge is 0.332 e. The Balaban J connectivity index is 1.32. The average molecular weight is 469 g/mol. The number of imidazole rings is 1. The van der Waals surface area contributed by atoms with Crippen LogP contribution in [-0.4, -0.2) is 29.9 Å². The minimum absolute atomic E-state index is 0.0645. The first-order chi connectivity index (χ1) is 16.7. The number of thioether (sulfide) groups is 1. The second-order valence-electron chi connectivity index (χ2n) is 7.62. The number of hydrogen-bond donors (Lipinski definition) is 1. The number of rotatable bonds is 8. The molecular weight excluding hydrogens is 448 g/mol. The third-order valence-electron chi connectivity index (χ3n) is 5.20. The van der Waals surface area contributed by atoms with E-state index >= 15 is 0 Å². The molecule has 3 aromatic carbocycles. The van der Waals surface area contributed by atoms with Crippen molar-refractivity contribution in [2.75, 3.05) is 0 Å². The highest BCUT2D eigenvalue weighted by molar-refractivity contribution is 7.98. The topological polar surface area (TPSA) is 103 Å². The Morgan fingerprint density at radius 2 is 1.68 bits per heavy atom. The molecule has 168 valence electrons. The monoisotopic (exact) mass is 468 g/mol. The van der Waals surface area contributed by atoms with Crippen molar-refractivity contribution in [1.29, 1.82) is 0 Å². The molecule has 0 fully saturated rings. The lowest BCUT2D eigenvalue weighted by Gasteiger charge is -2.02. The van der Waals surface area contributed by atoms with Crippen LogP contribution in [0.15, 0.2) is 96.3 Å². The number of non-ortho nitro benzene ring substituents is 1. The molecule has 0 aliphatic carbocycles. The van der Waals surface area contributed by atoms with Gasteiger partial charge in [0.1, 0.15) is 0 Å². The number of nitrogens with one attached hydrogen (secondary N) is 1. The van der Waals surface area contributed by atoms with Crippen molar-refractivity contribution in [3.63, 3.8) is 0 Å². The van der Waals surface area contributed by atoms with E-state index in [-0.39, 0.29) is 5.69 Å². The lowest BCUT2D eigenvalue weighted by Crippen LogP contribution is -2.01. The third kappa shape index (κ3) is 4.89. The molecule has 0 unspecified atom stereocenters. The fraction of sp³-hybridized carbons (Fsp3) is 0.0800. The number of hydrogen-bond acceptors (Lipinski definition) is 6. The van der Waals surface area contributed by atoms with Gasteiger partial charge in [0.05, 0.1) is 28.5 Å². The summed E-state index contributed by atoms with van der Waals surface area (Å²) in [6.45, 7) is 0.413. The molecular formula is C25H20N6O2S. The van der Waals surface area contributed by atoms with Crippen LogP contribution in [0.2, 0.25) is 0 Å². The predicted octanol–water partition coefficient (Wildman–Crippen LogP) is 5.58. The van der Waals surface area contributed by atoms with E-state index in [0.29, 0.717) is 12.3 Å². The van der Waals surface area contributed by atoms with E-state index in [4.69, 9.17) is 4.98 Å². The Hall–Kier alpha value is -4.24. The fourth-order valence-electron chi connectivity index (χ4n) is 3.62. The molecule has 0 spiro atoms. The average Bonchev–Trinajstić information content (AvgIpc) is 3.51. The second-order valence-corrected chi connectivity index (χ2v) is 8.58. The van der Waals surface area contributed by atoms with Gasteiger partial charge in [-0.2, -0.15) is 0 Å². The van der Waals surface area contributed by atoms with Crippen LogP contribution >= 0.6 is 11.8 Å². The van der Waals surface area contributed by atoms with Gasteiger partial charge in [-0.1, -0.05) is 89.8 Å². The number of H-pyrrole nitrogens is 1. The summed E-state index contributed by atoms with van der Waals surface area (Å²) in [4.78, 5) is 18.9. The van der Waals surface area contributed by atoms with Gasteiger partial charge in [0, 0.05) is 35.2 Å². The third-order valence-corrected chi connectivity index (χ3v) is 6.11. The molecule has 0 radical (unpaired) electrons. The number of benzene rings is 3. The molecule has 0 aliphatic rings. The zero-order valence-corrected chi connectivity index (χ0v) is 18.9. The highest BCUT2D eigenvalue weighted by Gasteiger charge is 2.15. The van der Waals surface area contributed by atoms with Gasteiger partial charge >= 0.3 is 0 Å². The number of nitrogens with zero attached hydrogens (tertiary/aromatic N) is 5. The van der Waals surface area contributed by atoms with E-state index in [0.717, 1.165) is 38.9 Å². The maximum absolute atomic E-state index is 11.0. The van der Waals surface area contributed by atoms with Crippen LogP contribution in [0.3, 0.4) is 0 Å². The zero-order valence-electron chi connectivity index (χ0n) is 18.0. The standard InChI is InChI=1S/C25H20N6O2S/c32-31(33)22-13-7-8-18(14-22)15-30-16-21(28-29-30)17-34-25-26-23(19-9-3-1-4-10-19)24(27-25)20-11-5-2-6-12-20/h1-14,16H,15,17H2,(H,26,27). The molecule has 0 saturated heterocycles. The molecule has 0 bridgehead atoms. The van der Waals surface area contributed by atoms with Crippen LogP contribution in [-0.2, 0) is 12.3 Å². The van der Waals surface area contributed by atoms with Crippen molar-refractivity contribution < 1.29 is 4.92 Å². The van der Waals surface area contributed by atoms with Crippen LogP contribution in [0.5, 0.6) is 0 Å². The highest BCUT2D eigenvalue weighted by Crippen LogP contribution is 2.33. The molecule has 0 atom stereocenters. The lowest BCUT2D eigenvalue weighted by atomic mass is 10.1. The summed E-state index contributed by atoms with van der Waals surface area (Å²) in [5, 5.41) is 20.2. The van der Waals surface area contributed by atoms with Crippen LogP contribution in [0.25, 0.3) is 22.5 Å². The Bertz CT molecular complexity index is 1360. The fourth-order valence-corrected chi connectivity index (χ4v) is 4.37. The van der Waals surface area contributed by atoms with Gasteiger partial charge < -0.3 is 4.98 Å². The Labute approximate surface area is 199 Å². The van der Waals surface area contributed by atoms with Crippen molar-refractivity contribution in [1.82, 2.24) is 25.0 Å². The Morgan fingerprint density at radius 1 is 0.941 bits per heavy atom. The summed E-state index contributed by atoms with van der Waals surface area (Å²) >= 11 is 1.55. The van der Waals surface area contributed by atoms with E-state index in [1.165, 1.54) is 6.07 Å². The molecule has 0 amide bonds. The molecule has 2 aromatic heterocycles. The van der Waals surface area contributed by atoms with E-state index in [2.05, 4.69) is 39.6 Å². The van der Waals surface area contributed by atoms with Crippen molar-refractivity contribution in [2.24, 2.45) is 0 Å². The highest BCUT2D eigenvalue weighted by atomic mass is 32.2. The lowest BCUT2D eigenvalue weighted by molar-refractivity contribution is -0.384. The number of nitro benzene ring substituents is 1. The normalized spacial score (nSPS) is 10.9. The van der Waals surface area contributed by atoms with Gasteiger partial charge in [0.15, 0.2) is 5.16 Å². The number of aromatic nitrogens is 5. The van der Waals surface area contributed by atoms with E-state index < -0.39 is 4.92 Å². The summed E-state index contributed by atoms with van der Waals surface area (Å²) in [5.74, 6) is 0.588. The van der Waals surface area contributed by atoms with Crippen molar-refractivity contribution in [3.05, 3.63) is 112 Å². The van der Waals surface area contributed by atoms with Crippen LogP contribution in [0.4, 0.5) is 5.69 Å². The van der Waals surface area contributed by atoms with E-state index in [1.54, 1.807) is 28.6 Å². The van der Waals surface area contributed by atoms with Crippen molar-refractivity contribution in [3.8, 4) is 22.5 Å². The van der Waals surface area contributed by atoms with Gasteiger partial charge in [-0.05, 0) is 5.56 Å². The predicted molar refractivity (Wildman–Crippen MR) is 131 cm³/mol. The Morgan fingerprint density at radius 3 is 2.41 bits per heavy atom. The van der Waals surface area contributed by atoms with Gasteiger partial charge in [0.25, 0.3) is 5.69 Å². The first-order valence-electron chi connectivity index (χ1n) is 10.6. The van der Waals surface area contributed by atoms with Crippen molar-refractivity contribution >= 4 is 17.4 Å². The molecule has 5 aromatic rings. The van der Waals surface area contributed by atoms with Crippen LogP contribution in [0.1, 0.15) is 11.3 Å². The zero-order chi connectivity index (χ0) is 23.3. The number of nitro groups is 1. The molecule has 1 N–H and O–H groups in total. The van der Waals surface area contributed by atoms with Gasteiger partial charge in [-0.3, -0.25) is 10.1 Å². The molecule has 5 rings (SSSR count). The summed E-state index contributed by atoms with van der Waals surface area (Å²) in [5.41, 5.74) is 5.66. The van der Waals surface area contributed by atoms with E-state index in [9.17, 15) is 10.1 Å². The van der Waals surface area contributed by atoms with E-state index in [1.807, 2.05) is 48.7 Å². The van der Waals surface area contributed by atoms with Crippen molar-refractivity contribution in [2.45, 2.75) is 17.5 Å². The maximum atomic E-state index is 11.0. The molecule has 9 heteroatoms. The summed E-state index contributed by atoms with van der Waals surface area (Å²) in [7, 11) is 0. The molecule has 2 heterocycles. The first-order valence-corrected chi connectivity index (χ1v) is 11.6. The molecule has 34 heavy (non-hydrogen) atoms. The van der Waals surface area contributed by atoms with Gasteiger partial charge in [0.2, 0.25) is 0 Å². The first kappa shape index (κ1) is 21.6. The Kier molecular flexibility index (Phi) is 6.17. The SMILES string of the molecule is O=[N+]([O-])c1cccc(Cn2cc(CSc3nc(-c4ccccc4)c(-c4ccccc4)[nH]3)nn2)c1. The minimum atomic E-state index is -0.399.